The minimum atomic E-state index is -0.587. The summed E-state index contributed by atoms with van der Waals surface area (Å²) in [5.41, 5.74) is 3.62. The van der Waals surface area contributed by atoms with E-state index in [1.165, 1.54) is 20.3 Å². The van der Waals surface area contributed by atoms with Gasteiger partial charge in [0.05, 0.1) is 27.0 Å². The molecule has 64 heavy (non-hydrogen) atoms. The fraction of sp³-hybridized carbons (Fsp3) is 0.500. The van der Waals surface area contributed by atoms with Crippen LogP contribution in [0, 0.1) is 0 Å². The molecule has 1 aliphatic heterocycles. The largest absolute Gasteiger partial charge is 0.493 e. The Balaban J connectivity index is 1.49. The van der Waals surface area contributed by atoms with Gasteiger partial charge in [0, 0.05) is 53.8 Å². The van der Waals surface area contributed by atoms with Crippen molar-refractivity contribution in [3.05, 3.63) is 58.4 Å². The number of aryl methyl sites for hydroxylation is 2. The summed E-state index contributed by atoms with van der Waals surface area (Å²) in [6.07, 6.45) is 16.2. The van der Waals surface area contributed by atoms with E-state index in [2.05, 4.69) is 20.8 Å². The van der Waals surface area contributed by atoms with Crippen LogP contribution in [0.15, 0.2) is 51.7 Å². The Kier molecular flexibility index (Phi) is 17.3. The van der Waals surface area contributed by atoms with Gasteiger partial charge in [-0.15, -0.1) is 0 Å². The predicted octanol–water partition coefficient (Wildman–Crippen LogP) is 12.5. The smallest absolute Gasteiger partial charge is 0.361 e. The summed E-state index contributed by atoms with van der Waals surface area (Å²) in [6, 6.07) is 12.3. The van der Waals surface area contributed by atoms with Crippen LogP contribution in [0.5, 0.6) is 34.5 Å². The van der Waals surface area contributed by atoms with Crippen molar-refractivity contribution < 1.29 is 47.2 Å². The van der Waals surface area contributed by atoms with Crippen LogP contribution in [-0.4, -0.2) is 43.8 Å². The first kappa shape index (κ1) is 47.7. The zero-order valence-electron chi connectivity index (χ0n) is 38.6. The lowest BCUT2D eigenvalue weighted by molar-refractivity contribution is -0.135. The van der Waals surface area contributed by atoms with E-state index in [0.717, 1.165) is 101 Å². The second kappa shape index (κ2) is 23.2. The number of ether oxygens (including phenoxy) is 6. The van der Waals surface area contributed by atoms with E-state index >= 15 is 0 Å². The summed E-state index contributed by atoms with van der Waals surface area (Å²) in [7, 11) is 4.56. The number of fused-ring (bicyclic) bond motifs is 7. The van der Waals surface area contributed by atoms with Crippen molar-refractivity contribution in [1.82, 2.24) is 4.57 Å². The van der Waals surface area contributed by atoms with Gasteiger partial charge in [-0.05, 0) is 67.1 Å². The maximum absolute atomic E-state index is 14.4. The molecule has 0 saturated heterocycles. The molecule has 0 atom stereocenters. The summed E-state index contributed by atoms with van der Waals surface area (Å²) >= 11 is 0. The number of esters is 3. The quantitative estimate of drug-likeness (QED) is 0.0239. The van der Waals surface area contributed by atoms with Crippen LogP contribution in [0.4, 0.5) is 0 Å². The van der Waals surface area contributed by atoms with E-state index in [1.807, 2.05) is 22.8 Å². The van der Waals surface area contributed by atoms with Crippen molar-refractivity contribution in [2.75, 3.05) is 21.3 Å². The number of carbonyl (C=O) groups excluding carboxylic acids is 3. The minimum Gasteiger partial charge on any atom is -0.493 e. The van der Waals surface area contributed by atoms with Gasteiger partial charge < -0.3 is 37.4 Å². The van der Waals surface area contributed by atoms with E-state index < -0.39 is 11.6 Å². The molecule has 1 aliphatic rings. The highest BCUT2D eigenvalue weighted by atomic mass is 16.6. The molecule has 3 heterocycles. The Morgan fingerprint density at radius 2 is 1.08 bits per heavy atom. The maximum Gasteiger partial charge on any atom is 0.361 e. The van der Waals surface area contributed by atoms with Crippen molar-refractivity contribution >= 4 is 39.8 Å². The Morgan fingerprint density at radius 1 is 0.578 bits per heavy atom. The molecule has 12 nitrogen and oxygen atoms in total. The molecule has 0 bridgehead atoms. The van der Waals surface area contributed by atoms with Gasteiger partial charge in [-0.2, -0.15) is 0 Å². The van der Waals surface area contributed by atoms with Gasteiger partial charge in [0.1, 0.15) is 11.1 Å². The molecule has 344 valence electrons. The van der Waals surface area contributed by atoms with Crippen molar-refractivity contribution in [3.8, 4) is 56.9 Å². The molecular formula is C52H65NO11. The summed E-state index contributed by atoms with van der Waals surface area (Å²) in [4.78, 5) is 53.6. The Morgan fingerprint density at radius 3 is 1.62 bits per heavy atom. The van der Waals surface area contributed by atoms with E-state index in [4.69, 9.17) is 32.8 Å². The van der Waals surface area contributed by atoms with Crippen LogP contribution >= 0.6 is 0 Å². The van der Waals surface area contributed by atoms with Gasteiger partial charge in [0.2, 0.25) is 0 Å². The average Bonchev–Trinajstić information content (AvgIpc) is 3.65. The molecule has 0 amide bonds. The number of unbranched alkanes of at least 4 members (excludes halogenated alkanes) is 12. The van der Waals surface area contributed by atoms with Crippen LogP contribution in [0.3, 0.4) is 0 Å². The predicted molar refractivity (Wildman–Crippen MR) is 249 cm³/mol. The van der Waals surface area contributed by atoms with Crippen LogP contribution in [0.2, 0.25) is 0 Å². The first-order chi connectivity index (χ1) is 31.1. The average molecular weight is 880 g/mol. The summed E-state index contributed by atoms with van der Waals surface area (Å²) in [6.45, 7) is 6.87. The van der Waals surface area contributed by atoms with Crippen LogP contribution in [0.1, 0.15) is 142 Å². The molecule has 0 spiro atoms. The van der Waals surface area contributed by atoms with Crippen molar-refractivity contribution in [2.45, 2.75) is 149 Å². The number of nitrogens with zero attached hydrogens (tertiary/aromatic N) is 1. The molecule has 0 saturated carbocycles. The van der Waals surface area contributed by atoms with E-state index in [0.29, 0.717) is 69.7 Å². The minimum absolute atomic E-state index is 0.147. The van der Waals surface area contributed by atoms with Crippen molar-refractivity contribution in [3.63, 3.8) is 0 Å². The Hall–Kier alpha value is -5.78. The number of hydrogen-bond donors (Lipinski definition) is 0. The lowest BCUT2D eigenvalue weighted by atomic mass is 9.91. The molecule has 6 rings (SSSR count). The van der Waals surface area contributed by atoms with E-state index in [1.54, 1.807) is 25.3 Å². The molecule has 0 unspecified atom stereocenters. The topological polar surface area (TPSA) is 142 Å². The molecule has 0 aliphatic carbocycles. The maximum atomic E-state index is 14.4. The molecule has 2 aromatic heterocycles. The Labute approximate surface area is 376 Å². The zero-order valence-corrected chi connectivity index (χ0v) is 38.6. The Bertz CT molecular complexity index is 2480. The number of hydrogen-bond acceptors (Lipinski definition) is 11. The molecule has 0 radical (unpaired) electrons. The fourth-order valence-corrected chi connectivity index (χ4v) is 8.63. The molecule has 5 aromatic rings. The first-order valence-electron chi connectivity index (χ1n) is 23.4. The number of aromatic nitrogens is 1. The van der Waals surface area contributed by atoms with E-state index in [-0.39, 0.29) is 54.0 Å². The van der Waals surface area contributed by atoms with Gasteiger partial charge in [-0.25, -0.2) is 4.79 Å². The van der Waals surface area contributed by atoms with Crippen LogP contribution in [-0.2, 0) is 27.3 Å². The standard InChI is InChI=1S/C52H65NO11/c1-7-10-13-16-19-22-45(54)61-38-26-25-35(30-40(38)58-4)48-49-37-32-42(60-6)44(63-47(56)24-21-18-15-12-9-3)33-39(37)64-52(57)51(49)53-28-27-34-29-41(59-5)43(31-36(34)50(48)53)62-46(55)23-20-17-14-11-8-2/h25-26,29-33H,7-24,27-28H2,1-6H3. The lowest BCUT2D eigenvalue weighted by Crippen LogP contribution is -2.15. The summed E-state index contributed by atoms with van der Waals surface area (Å²) in [5.74, 6) is 0.654. The van der Waals surface area contributed by atoms with Gasteiger partial charge in [0.25, 0.3) is 0 Å². The summed E-state index contributed by atoms with van der Waals surface area (Å²) < 4.78 is 43.1. The van der Waals surface area contributed by atoms with E-state index in [9.17, 15) is 19.2 Å². The molecule has 12 heteroatoms. The number of benzene rings is 3. The number of methoxy groups -OCH3 is 3. The SMILES string of the molecule is CCCCCCCC(=O)Oc1ccc(-c2c3n(c4c(=O)oc5cc(OC(=O)CCCCCCC)c(OC)cc5c24)CCc2cc(OC)c(OC(=O)CCCCCCC)cc2-3)cc1OC. The highest BCUT2D eigenvalue weighted by Gasteiger charge is 2.32. The normalized spacial score (nSPS) is 11.9. The summed E-state index contributed by atoms with van der Waals surface area (Å²) in [5, 5.41) is 1.12. The van der Waals surface area contributed by atoms with Gasteiger partial charge >= 0.3 is 23.5 Å². The van der Waals surface area contributed by atoms with Crippen LogP contribution < -0.4 is 34.0 Å². The van der Waals surface area contributed by atoms with Crippen molar-refractivity contribution in [1.29, 1.82) is 0 Å². The third-order valence-electron chi connectivity index (χ3n) is 12.0. The van der Waals surface area contributed by atoms with Gasteiger partial charge in [-0.1, -0.05) is 104 Å². The third kappa shape index (κ3) is 11.3. The van der Waals surface area contributed by atoms with Crippen LogP contribution in [0.25, 0.3) is 44.3 Å². The monoisotopic (exact) mass is 879 g/mol. The molecule has 0 N–H and O–H groups in total. The van der Waals surface area contributed by atoms with Gasteiger partial charge in [0.15, 0.2) is 34.5 Å². The lowest BCUT2D eigenvalue weighted by Gasteiger charge is -2.23. The molecule has 3 aromatic carbocycles. The molecule has 0 fully saturated rings. The second-order valence-electron chi connectivity index (χ2n) is 16.7. The second-order valence-corrected chi connectivity index (χ2v) is 16.7. The highest BCUT2D eigenvalue weighted by Crippen LogP contribution is 2.50. The number of carbonyl (C=O) groups is 3. The van der Waals surface area contributed by atoms with Crippen molar-refractivity contribution in [2.24, 2.45) is 0 Å². The number of rotatable bonds is 25. The zero-order chi connectivity index (χ0) is 45.6. The highest BCUT2D eigenvalue weighted by molar-refractivity contribution is 6.17. The molecular weight excluding hydrogens is 815 g/mol. The third-order valence-corrected chi connectivity index (χ3v) is 12.0. The fourth-order valence-electron chi connectivity index (χ4n) is 8.63. The van der Waals surface area contributed by atoms with Gasteiger partial charge in [-0.3, -0.25) is 14.4 Å². The first-order valence-corrected chi connectivity index (χ1v) is 23.4.